The summed E-state index contributed by atoms with van der Waals surface area (Å²) in [5.74, 6) is 0.941. The molecule has 0 atom stereocenters. The number of rotatable bonds is 5. The molecule has 1 heterocycles. The molecule has 0 aliphatic heterocycles. The summed E-state index contributed by atoms with van der Waals surface area (Å²) in [4.78, 5) is 12.7. The van der Waals surface area contributed by atoms with Crippen LogP contribution in [-0.4, -0.2) is 20.1 Å². The second-order valence-electron chi connectivity index (χ2n) is 5.23. The Balaban J connectivity index is 1.87. The molecule has 1 aromatic heterocycles. The third-order valence-electron chi connectivity index (χ3n) is 3.69. The average molecular weight is 465 g/mol. The van der Waals surface area contributed by atoms with E-state index in [1.165, 1.54) is 0 Å². The first-order valence-electron chi connectivity index (χ1n) is 7.48. The largest absolute Gasteiger partial charge is 0.493 e. The predicted molar refractivity (Wildman–Crippen MR) is 110 cm³/mol. The number of nitrogens with one attached hydrogen (secondary N) is 1. The highest BCUT2D eigenvalue weighted by atomic mass is 127. The lowest BCUT2D eigenvalue weighted by molar-refractivity contribution is 0.102. The first-order valence-corrected chi connectivity index (χ1v) is 9.50. The van der Waals surface area contributed by atoms with E-state index in [1.807, 2.05) is 29.6 Å². The molecule has 4 nitrogen and oxygen atoms in total. The van der Waals surface area contributed by atoms with Crippen LogP contribution in [0.2, 0.25) is 0 Å². The van der Waals surface area contributed by atoms with Crippen LogP contribution < -0.4 is 14.8 Å². The van der Waals surface area contributed by atoms with E-state index in [4.69, 9.17) is 9.47 Å². The molecular weight excluding hydrogens is 449 g/mol. The first kappa shape index (κ1) is 17.8. The Bertz CT molecular complexity index is 894. The minimum atomic E-state index is -0.187. The van der Waals surface area contributed by atoms with Crippen LogP contribution in [0.3, 0.4) is 0 Å². The number of benzene rings is 2. The Kier molecular flexibility index (Phi) is 5.60. The molecule has 0 aliphatic carbocycles. The Hall–Kier alpha value is -2.06. The van der Waals surface area contributed by atoms with Crippen molar-refractivity contribution in [3.8, 4) is 22.6 Å². The lowest BCUT2D eigenvalue weighted by Crippen LogP contribution is -2.14. The normalized spacial score (nSPS) is 10.4. The summed E-state index contributed by atoms with van der Waals surface area (Å²) >= 11 is 3.77. The number of carbonyl (C=O) groups excluding carboxylic acids is 1. The van der Waals surface area contributed by atoms with Gasteiger partial charge in [-0.1, -0.05) is 12.1 Å². The van der Waals surface area contributed by atoms with E-state index in [0.29, 0.717) is 17.1 Å². The van der Waals surface area contributed by atoms with Crippen molar-refractivity contribution >= 4 is 45.5 Å². The van der Waals surface area contributed by atoms with Gasteiger partial charge in [-0.15, -0.1) is 0 Å². The number of halogens is 1. The zero-order valence-corrected chi connectivity index (χ0v) is 16.7. The quantitative estimate of drug-likeness (QED) is 0.521. The molecule has 0 bridgehead atoms. The SMILES string of the molecule is COc1cc(I)c(C(=O)Nc2cccc(-c3ccsc3)c2)cc1OC. The maximum atomic E-state index is 12.7. The van der Waals surface area contributed by atoms with Crippen molar-refractivity contribution in [3.05, 3.63) is 62.4 Å². The van der Waals surface area contributed by atoms with Crippen molar-refractivity contribution in [2.45, 2.75) is 0 Å². The van der Waals surface area contributed by atoms with Crippen LogP contribution in [0.15, 0.2) is 53.2 Å². The van der Waals surface area contributed by atoms with Gasteiger partial charge in [0.15, 0.2) is 11.5 Å². The highest BCUT2D eigenvalue weighted by molar-refractivity contribution is 14.1. The number of ether oxygens (including phenoxy) is 2. The molecule has 0 fully saturated rings. The Labute approximate surface area is 163 Å². The molecule has 128 valence electrons. The van der Waals surface area contributed by atoms with Crippen molar-refractivity contribution < 1.29 is 14.3 Å². The fourth-order valence-electron chi connectivity index (χ4n) is 2.43. The fraction of sp³-hybridized carbons (Fsp3) is 0.105. The van der Waals surface area contributed by atoms with E-state index in [1.54, 1.807) is 37.7 Å². The van der Waals surface area contributed by atoms with E-state index in [0.717, 1.165) is 20.4 Å². The standard InChI is InChI=1S/C19H16INO3S/c1-23-17-9-15(16(20)10-18(17)24-2)19(22)21-14-5-3-4-12(8-14)13-6-7-25-11-13/h3-11H,1-2H3,(H,21,22). The molecule has 3 rings (SSSR count). The first-order chi connectivity index (χ1) is 12.1. The third-order valence-corrected chi connectivity index (χ3v) is 5.27. The molecule has 1 amide bonds. The van der Waals surface area contributed by atoms with E-state index in [-0.39, 0.29) is 5.91 Å². The van der Waals surface area contributed by atoms with Gasteiger partial charge >= 0.3 is 0 Å². The number of anilines is 1. The van der Waals surface area contributed by atoms with Gasteiger partial charge < -0.3 is 14.8 Å². The molecule has 3 aromatic rings. The molecule has 25 heavy (non-hydrogen) atoms. The average Bonchev–Trinajstić information content (AvgIpc) is 3.16. The highest BCUT2D eigenvalue weighted by Crippen LogP contribution is 2.32. The number of hydrogen-bond acceptors (Lipinski definition) is 4. The molecule has 6 heteroatoms. The van der Waals surface area contributed by atoms with Gasteiger partial charge in [0.2, 0.25) is 0 Å². The van der Waals surface area contributed by atoms with E-state index in [9.17, 15) is 4.79 Å². The highest BCUT2D eigenvalue weighted by Gasteiger charge is 2.16. The van der Waals surface area contributed by atoms with Gasteiger partial charge in [-0.05, 0) is 74.8 Å². The van der Waals surface area contributed by atoms with Gasteiger partial charge in [0.05, 0.1) is 19.8 Å². The van der Waals surface area contributed by atoms with Gasteiger partial charge in [0.25, 0.3) is 5.91 Å². The topological polar surface area (TPSA) is 47.6 Å². The van der Waals surface area contributed by atoms with Gasteiger partial charge in [0, 0.05) is 9.26 Å². The Morgan fingerprint density at radius 2 is 1.80 bits per heavy atom. The van der Waals surface area contributed by atoms with E-state index < -0.39 is 0 Å². The van der Waals surface area contributed by atoms with Crippen LogP contribution >= 0.6 is 33.9 Å². The summed E-state index contributed by atoms with van der Waals surface area (Å²) in [5.41, 5.74) is 3.50. The van der Waals surface area contributed by atoms with Crippen LogP contribution in [-0.2, 0) is 0 Å². The van der Waals surface area contributed by atoms with Crippen LogP contribution in [0.25, 0.3) is 11.1 Å². The summed E-state index contributed by atoms with van der Waals surface area (Å²) in [5, 5.41) is 7.07. The van der Waals surface area contributed by atoms with Crippen LogP contribution in [0, 0.1) is 3.57 Å². The molecule has 2 aromatic carbocycles. The van der Waals surface area contributed by atoms with Gasteiger partial charge in [-0.3, -0.25) is 4.79 Å². The van der Waals surface area contributed by atoms with E-state index in [2.05, 4.69) is 39.4 Å². The lowest BCUT2D eigenvalue weighted by atomic mass is 10.1. The van der Waals surface area contributed by atoms with Crippen LogP contribution in [0.5, 0.6) is 11.5 Å². The Morgan fingerprint density at radius 3 is 2.48 bits per heavy atom. The molecule has 0 spiro atoms. The smallest absolute Gasteiger partial charge is 0.256 e. The number of hydrogen-bond donors (Lipinski definition) is 1. The van der Waals surface area contributed by atoms with Crippen molar-refractivity contribution in [1.82, 2.24) is 0 Å². The van der Waals surface area contributed by atoms with Gasteiger partial charge in [-0.2, -0.15) is 11.3 Å². The number of amides is 1. The van der Waals surface area contributed by atoms with Crippen molar-refractivity contribution in [1.29, 1.82) is 0 Å². The minimum Gasteiger partial charge on any atom is -0.493 e. The molecule has 0 unspecified atom stereocenters. The third kappa shape index (κ3) is 3.96. The van der Waals surface area contributed by atoms with E-state index >= 15 is 0 Å². The van der Waals surface area contributed by atoms with Gasteiger partial charge in [0.1, 0.15) is 0 Å². The Morgan fingerprint density at radius 1 is 1.04 bits per heavy atom. The summed E-state index contributed by atoms with van der Waals surface area (Å²) in [7, 11) is 3.13. The monoisotopic (exact) mass is 465 g/mol. The number of methoxy groups -OCH3 is 2. The zero-order valence-electron chi connectivity index (χ0n) is 13.7. The number of carbonyl (C=O) groups is 1. The van der Waals surface area contributed by atoms with Crippen LogP contribution in [0.1, 0.15) is 10.4 Å². The summed E-state index contributed by atoms with van der Waals surface area (Å²) < 4.78 is 11.4. The maximum absolute atomic E-state index is 12.7. The molecule has 0 saturated carbocycles. The van der Waals surface area contributed by atoms with Crippen LogP contribution in [0.4, 0.5) is 5.69 Å². The summed E-state index contributed by atoms with van der Waals surface area (Å²) in [6, 6.07) is 13.3. The summed E-state index contributed by atoms with van der Waals surface area (Å²) in [6.07, 6.45) is 0. The van der Waals surface area contributed by atoms with Crippen molar-refractivity contribution in [3.63, 3.8) is 0 Å². The molecular formula is C19H16INO3S. The molecule has 0 radical (unpaired) electrons. The predicted octanol–water partition coefficient (Wildman–Crippen LogP) is 5.29. The molecule has 1 N–H and O–H groups in total. The van der Waals surface area contributed by atoms with Gasteiger partial charge in [-0.25, -0.2) is 0 Å². The fourth-order valence-corrected chi connectivity index (χ4v) is 3.78. The molecule has 0 aliphatic rings. The number of thiophene rings is 1. The second-order valence-corrected chi connectivity index (χ2v) is 7.18. The zero-order chi connectivity index (χ0) is 17.8. The lowest BCUT2D eigenvalue weighted by Gasteiger charge is -2.12. The second kappa shape index (κ2) is 7.88. The van der Waals surface area contributed by atoms with Crippen molar-refractivity contribution in [2.24, 2.45) is 0 Å². The summed E-state index contributed by atoms with van der Waals surface area (Å²) in [6.45, 7) is 0. The molecule has 0 saturated heterocycles. The minimum absolute atomic E-state index is 0.187. The van der Waals surface area contributed by atoms with Crippen molar-refractivity contribution in [2.75, 3.05) is 19.5 Å². The maximum Gasteiger partial charge on any atom is 0.256 e.